The van der Waals surface area contributed by atoms with Gasteiger partial charge in [-0.15, -0.1) is 0 Å². The van der Waals surface area contributed by atoms with Crippen LogP contribution in [0.15, 0.2) is 243 Å². The molecule has 2 aliphatic rings. The van der Waals surface area contributed by atoms with Crippen LogP contribution in [0.3, 0.4) is 0 Å². The smallest absolute Gasteiger partial charge is 0.0727 e. The van der Waals surface area contributed by atoms with Crippen LogP contribution >= 0.6 is 0 Å². The average molecular weight is 801 g/mol. The summed E-state index contributed by atoms with van der Waals surface area (Å²) in [4.78, 5) is 4.93. The maximum absolute atomic E-state index is 2.51. The van der Waals surface area contributed by atoms with E-state index in [0.717, 1.165) is 34.1 Å². The van der Waals surface area contributed by atoms with Crippen molar-refractivity contribution < 1.29 is 0 Å². The number of rotatable bonds is 6. The predicted molar refractivity (Wildman–Crippen MR) is 265 cm³/mol. The second-order valence-corrected chi connectivity index (χ2v) is 16.8. The number of fused-ring (bicyclic) bond motifs is 14. The number of nitrogens with zero attached hydrogens (tertiary/aromatic N) is 2. The normalized spacial score (nSPS) is 14.4. The van der Waals surface area contributed by atoms with Crippen LogP contribution in [-0.2, 0) is 5.41 Å². The van der Waals surface area contributed by atoms with Gasteiger partial charge >= 0.3 is 0 Å². The zero-order chi connectivity index (χ0) is 41.5. The molecule has 0 saturated carbocycles. The molecule has 0 amide bonds. The van der Waals surface area contributed by atoms with Crippen LogP contribution in [0.4, 0.5) is 34.1 Å². The largest absolute Gasteiger partial charge is 0.310 e. The summed E-state index contributed by atoms with van der Waals surface area (Å²) in [5.74, 6) is 0. The third-order valence-corrected chi connectivity index (χ3v) is 13.6. The minimum Gasteiger partial charge on any atom is -0.310 e. The lowest BCUT2D eigenvalue weighted by atomic mass is 9.70. The van der Waals surface area contributed by atoms with Gasteiger partial charge in [0.05, 0.1) is 16.8 Å². The van der Waals surface area contributed by atoms with Crippen molar-refractivity contribution in [3.8, 4) is 22.3 Å². The molecule has 0 aromatic heterocycles. The van der Waals surface area contributed by atoms with Gasteiger partial charge in [0, 0.05) is 33.7 Å². The van der Waals surface area contributed by atoms with E-state index in [1.54, 1.807) is 0 Å². The molecule has 0 aliphatic heterocycles. The molecule has 63 heavy (non-hydrogen) atoms. The molecule has 0 N–H and O–H groups in total. The maximum Gasteiger partial charge on any atom is 0.0727 e. The van der Waals surface area contributed by atoms with Gasteiger partial charge in [0.15, 0.2) is 0 Å². The van der Waals surface area contributed by atoms with E-state index in [9.17, 15) is 0 Å². The van der Waals surface area contributed by atoms with Crippen LogP contribution in [0.1, 0.15) is 22.3 Å². The summed E-state index contributed by atoms with van der Waals surface area (Å²) < 4.78 is 0. The first-order valence-electron chi connectivity index (χ1n) is 21.8. The summed E-state index contributed by atoms with van der Waals surface area (Å²) >= 11 is 0. The molecule has 0 radical (unpaired) electrons. The van der Waals surface area contributed by atoms with Gasteiger partial charge in [-0.3, -0.25) is 0 Å². The number of hydrogen-bond donors (Lipinski definition) is 0. The Morgan fingerprint density at radius 3 is 1.57 bits per heavy atom. The van der Waals surface area contributed by atoms with Crippen molar-refractivity contribution in [1.29, 1.82) is 0 Å². The first-order valence-corrected chi connectivity index (χ1v) is 21.8. The van der Waals surface area contributed by atoms with E-state index in [1.165, 1.54) is 76.8 Å². The number of anilines is 6. The molecule has 2 aliphatic carbocycles. The molecule has 294 valence electrons. The molecule has 2 nitrogen and oxygen atoms in total. The van der Waals surface area contributed by atoms with Crippen molar-refractivity contribution in [2.75, 3.05) is 9.80 Å². The topological polar surface area (TPSA) is 6.48 Å². The lowest BCUT2D eigenvalue weighted by molar-refractivity contribution is 0.793. The van der Waals surface area contributed by atoms with Crippen LogP contribution in [-0.4, -0.2) is 0 Å². The Hall–Kier alpha value is -8.20. The third kappa shape index (κ3) is 5.19. The predicted octanol–water partition coefficient (Wildman–Crippen LogP) is 16.4. The van der Waals surface area contributed by atoms with E-state index in [1.807, 2.05) is 0 Å². The quantitative estimate of drug-likeness (QED) is 0.155. The standard InChI is InChI=1S/C61H40N2/c1-3-21-44(22-4-1)62(46-35-34-41-18-7-8-19-42(41)38-46)47-36-37-51-50-27-13-15-30-54(50)61(57(51)40-47)55-31-16-14-29-53(55)60-56(61)32-17-33-58(60)63(45-23-5-2-6-24-45)59-39-43-20-9-10-25-48(43)49-26-11-12-28-52(49)59/h1-40H. The fourth-order valence-corrected chi connectivity index (χ4v) is 11.0. The molecule has 1 spiro atoms. The Morgan fingerprint density at radius 1 is 0.254 bits per heavy atom. The van der Waals surface area contributed by atoms with Crippen molar-refractivity contribution >= 4 is 66.4 Å². The second-order valence-electron chi connectivity index (χ2n) is 16.8. The van der Waals surface area contributed by atoms with Gasteiger partial charge in [-0.05, 0) is 127 Å². The van der Waals surface area contributed by atoms with Gasteiger partial charge in [-0.1, -0.05) is 182 Å². The molecular formula is C61H40N2. The first-order chi connectivity index (χ1) is 31.3. The SMILES string of the molecule is c1ccc(N(c2ccc3c(c2)C2(c4ccccc4-3)c3ccccc3-c3c(N(c4ccccc4)c4cc5ccccc5c5ccccc45)cccc32)c2ccc3ccccc3c2)cc1. The number of benzene rings is 11. The summed E-state index contributed by atoms with van der Waals surface area (Å²) in [6.07, 6.45) is 0. The zero-order valence-corrected chi connectivity index (χ0v) is 34.5. The zero-order valence-electron chi connectivity index (χ0n) is 34.5. The van der Waals surface area contributed by atoms with Gasteiger partial charge in [0.2, 0.25) is 0 Å². The Bertz CT molecular complexity index is 3590. The van der Waals surface area contributed by atoms with E-state index in [-0.39, 0.29) is 0 Å². The summed E-state index contributed by atoms with van der Waals surface area (Å²) in [6.45, 7) is 0. The molecule has 0 bridgehead atoms. The van der Waals surface area contributed by atoms with Gasteiger partial charge < -0.3 is 9.80 Å². The van der Waals surface area contributed by atoms with Gasteiger partial charge in [0.25, 0.3) is 0 Å². The highest BCUT2D eigenvalue weighted by atomic mass is 15.2. The van der Waals surface area contributed by atoms with E-state index in [2.05, 4.69) is 252 Å². The minimum absolute atomic E-state index is 0.566. The highest BCUT2D eigenvalue weighted by molar-refractivity contribution is 6.15. The van der Waals surface area contributed by atoms with Crippen LogP contribution in [0, 0.1) is 0 Å². The van der Waals surface area contributed by atoms with Gasteiger partial charge in [-0.2, -0.15) is 0 Å². The first kappa shape index (κ1) is 35.5. The van der Waals surface area contributed by atoms with Crippen LogP contribution < -0.4 is 9.80 Å². The number of hydrogen-bond acceptors (Lipinski definition) is 2. The fraction of sp³-hybridized carbons (Fsp3) is 0.0164. The van der Waals surface area contributed by atoms with E-state index >= 15 is 0 Å². The van der Waals surface area contributed by atoms with Gasteiger partial charge in [0.1, 0.15) is 0 Å². The lowest BCUT2D eigenvalue weighted by Crippen LogP contribution is -2.26. The monoisotopic (exact) mass is 800 g/mol. The summed E-state index contributed by atoms with van der Waals surface area (Å²) in [5, 5.41) is 7.39. The highest BCUT2D eigenvalue weighted by Crippen LogP contribution is 2.65. The summed E-state index contributed by atoms with van der Waals surface area (Å²) in [7, 11) is 0. The minimum atomic E-state index is -0.566. The van der Waals surface area contributed by atoms with E-state index in [4.69, 9.17) is 0 Å². The molecule has 11 aromatic rings. The molecule has 0 saturated heterocycles. The van der Waals surface area contributed by atoms with Crippen molar-refractivity contribution in [3.05, 3.63) is 265 Å². The molecule has 2 heteroatoms. The molecule has 0 fully saturated rings. The molecular weight excluding hydrogens is 761 g/mol. The van der Waals surface area contributed by atoms with Crippen molar-refractivity contribution in [2.24, 2.45) is 0 Å². The molecule has 1 atom stereocenters. The summed E-state index contributed by atoms with van der Waals surface area (Å²) in [6, 6.07) is 89.7. The van der Waals surface area contributed by atoms with E-state index in [0.29, 0.717) is 0 Å². The van der Waals surface area contributed by atoms with Gasteiger partial charge in [-0.25, -0.2) is 0 Å². The van der Waals surface area contributed by atoms with Crippen LogP contribution in [0.5, 0.6) is 0 Å². The maximum atomic E-state index is 2.51. The Morgan fingerprint density at radius 2 is 0.794 bits per heavy atom. The molecule has 1 unspecified atom stereocenters. The van der Waals surface area contributed by atoms with E-state index < -0.39 is 5.41 Å². The molecule has 13 rings (SSSR count). The Balaban J connectivity index is 1.10. The molecule has 11 aromatic carbocycles. The Kier molecular flexibility index (Phi) is 7.85. The highest BCUT2D eigenvalue weighted by Gasteiger charge is 2.52. The number of para-hydroxylation sites is 2. The summed E-state index contributed by atoms with van der Waals surface area (Å²) in [5.41, 5.74) is 16.5. The molecule has 0 heterocycles. The second kappa shape index (κ2) is 13.9. The van der Waals surface area contributed by atoms with Crippen molar-refractivity contribution in [2.45, 2.75) is 5.41 Å². The Labute approximate surface area is 367 Å². The lowest BCUT2D eigenvalue weighted by Gasteiger charge is -2.33. The average Bonchev–Trinajstić information content (AvgIpc) is 3.82. The van der Waals surface area contributed by atoms with Crippen LogP contribution in [0.25, 0.3) is 54.6 Å². The fourth-order valence-electron chi connectivity index (χ4n) is 11.0. The van der Waals surface area contributed by atoms with Crippen molar-refractivity contribution in [1.82, 2.24) is 0 Å². The third-order valence-electron chi connectivity index (χ3n) is 13.6. The van der Waals surface area contributed by atoms with Crippen molar-refractivity contribution in [3.63, 3.8) is 0 Å². The van der Waals surface area contributed by atoms with Crippen LogP contribution in [0.2, 0.25) is 0 Å².